The van der Waals surface area contributed by atoms with Gasteiger partial charge in [0.05, 0.1) is 6.42 Å². The van der Waals surface area contributed by atoms with Gasteiger partial charge >= 0.3 is 5.97 Å². The highest BCUT2D eigenvalue weighted by Gasteiger charge is 2.34. The van der Waals surface area contributed by atoms with Crippen molar-refractivity contribution in [1.29, 1.82) is 0 Å². The van der Waals surface area contributed by atoms with Crippen LogP contribution in [0.1, 0.15) is 28.4 Å². The third-order valence-electron chi connectivity index (χ3n) is 3.61. The van der Waals surface area contributed by atoms with Crippen molar-refractivity contribution in [2.24, 2.45) is 0 Å². The summed E-state index contributed by atoms with van der Waals surface area (Å²) in [6, 6.07) is 9.18. The zero-order chi connectivity index (χ0) is 15.0. The Morgan fingerprint density at radius 1 is 1.38 bits per heavy atom. The molecule has 6 heteroatoms. The van der Waals surface area contributed by atoms with Crippen LogP contribution in [0, 0.1) is 0 Å². The van der Waals surface area contributed by atoms with Crippen molar-refractivity contribution in [3.8, 4) is 0 Å². The molecule has 2 N–H and O–H groups in total. The number of aromatic amines is 1. The minimum Gasteiger partial charge on any atom is -0.481 e. The second-order valence-corrected chi connectivity index (χ2v) is 5.92. The van der Waals surface area contributed by atoms with Gasteiger partial charge in [0.1, 0.15) is 5.69 Å². The van der Waals surface area contributed by atoms with Crippen LogP contribution in [-0.4, -0.2) is 28.5 Å². The number of hydrogen-bond acceptors (Lipinski definition) is 2. The summed E-state index contributed by atoms with van der Waals surface area (Å²) in [6.07, 6.45) is 1.72. The summed E-state index contributed by atoms with van der Waals surface area (Å²) in [5.74, 6) is -1.17. The number of fused-ring (bicyclic) bond motifs is 1. The van der Waals surface area contributed by atoms with Crippen LogP contribution in [0.5, 0.6) is 0 Å². The zero-order valence-electron chi connectivity index (χ0n) is 11.0. The molecule has 0 saturated heterocycles. The quantitative estimate of drug-likeness (QED) is 0.895. The molecule has 0 radical (unpaired) electrons. The molecule has 1 amide bonds. The van der Waals surface area contributed by atoms with Gasteiger partial charge in [0, 0.05) is 28.8 Å². The minimum absolute atomic E-state index is 0.0230. The van der Waals surface area contributed by atoms with Gasteiger partial charge in [-0.25, -0.2) is 0 Å². The highest BCUT2D eigenvalue weighted by molar-refractivity contribution is 9.10. The van der Waals surface area contributed by atoms with Gasteiger partial charge in [-0.05, 0) is 33.6 Å². The normalized spacial score (nSPS) is 16.8. The smallest absolute Gasteiger partial charge is 0.304 e. The van der Waals surface area contributed by atoms with E-state index in [9.17, 15) is 9.59 Å². The van der Waals surface area contributed by atoms with Gasteiger partial charge in [-0.3, -0.25) is 9.59 Å². The maximum absolute atomic E-state index is 12.6. The molecule has 2 heterocycles. The van der Waals surface area contributed by atoms with Crippen molar-refractivity contribution in [1.82, 2.24) is 4.98 Å². The number of carboxylic acid groups (broad SMARTS) is 1. The maximum Gasteiger partial charge on any atom is 0.304 e. The van der Waals surface area contributed by atoms with Gasteiger partial charge in [-0.1, -0.05) is 18.2 Å². The lowest BCUT2D eigenvalue weighted by Crippen LogP contribution is -2.30. The molecule has 1 aromatic carbocycles. The van der Waals surface area contributed by atoms with Gasteiger partial charge in [0.25, 0.3) is 5.91 Å². The number of benzene rings is 1. The first-order valence-electron chi connectivity index (χ1n) is 6.53. The first kappa shape index (κ1) is 13.9. The third-order valence-corrected chi connectivity index (χ3v) is 4.07. The zero-order valence-corrected chi connectivity index (χ0v) is 12.6. The fourth-order valence-electron chi connectivity index (χ4n) is 2.71. The number of para-hydroxylation sites is 1. The van der Waals surface area contributed by atoms with E-state index in [0.717, 1.165) is 15.7 Å². The highest BCUT2D eigenvalue weighted by Crippen LogP contribution is 2.38. The number of amides is 1. The standard InChI is InChI=1S/C15H13BrN2O3/c16-10-6-12(17-7-10)15(21)18-8-9(5-14(19)20)11-3-1-2-4-13(11)18/h1-4,6-7,9,17H,5,8H2,(H,19,20). The van der Waals surface area contributed by atoms with Crippen LogP contribution in [0.15, 0.2) is 41.0 Å². The lowest BCUT2D eigenvalue weighted by Gasteiger charge is -2.16. The Morgan fingerprint density at radius 2 is 2.14 bits per heavy atom. The number of nitrogens with zero attached hydrogens (tertiary/aromatic N) is 1. The lowest BCUT2D eigenvalue weighted by molar-refractivity contribution is -0.137. The molecule has 1 aromatic heterocycles. The molecule has 0 fully saturated rings. The summed E-state index contributed by atoms with van der Waals surface area (Å²) < 4.78 is 0.806. The molecule has 108 valence electrons. The third kappa shape index (κ3) is 2.58. The number of carboxylic acids is 1. The molecule has 0 aliphatic carbocycles. The molecule has 21 heavy (non-hydrogen) atoms. The summed E-state index contributed by atoms with van der Waals surface area (Å²) in [7, 11) is 0. The van der Waals surface area contributed by atoms with Gasteiger partial charge in [0.2, 0.25) is 0 Å². The largest absolute Gasteiger partial charge is 0.481 e. The highest BCUT2D eigenvalue weighted by atomic mass is 79.9. The predicted molar refractivity (Wildman–Crippen MR) is 81.6 cm³/mol. The molecule has 0 bridgehead atoms. The Labute approximate surface area is 129 Å². The van der Waals surface area contributed by atoms with E-state index < -0.39 is 5.97 Å². The predicted octanol–water partition coefficient (Wildman–Crippen LogP) is 3.00. The Kier molecular flexibility index (Phi) is 3.55. The first-order valence-corrected chi connectivity index (χ1v) is 7.32. The lowest BCUT2D eigenvalue weighted by atomic mass is 9.98. The van der Waals surface area contributed by atoms with Crippen LogP contribution >= 0.6 is 15.9 Å². The Bertz CT molecular complexity index is 710. The SMILES string of the molecule is O=C(O)CC1CN(C(=O)c2cc(Br)c[nH]2)c2ccccc21. The van der Waals surface area contributed by atoms with Crippen molar-refractivity contribution in [2.75, 3.05) is 11.4 Å². The number of anilines is 1. The summed E-state index contributed by atoms with van der Waals surface area (Å²) in [5.41, 5.74) is 2.19. The van der Waals surface area contributed by atoms with E-state index in [0.29, 0.717) is 12.2 Å². The molecule has 1 unspecified atom stereocenters. The summed E-state index contributed by atoms with van der Waals surface area (Å²) in [5, 5.41) is 9.03. The summed E-state index contributed by atoms with van der Waals surface area (Å²) in [4.78, 5) is 28.1. The monoisotopic (exact) mass is 348 g/mol. The second-order valence-electron chi connectivity index (χ2n) is 5.00. The first-order chi connectivity index (χ1) is 10.1. The van der Waals surface area contributed by atoms with Gasteiger partial charge in [0.15, 0.2) is 0 Å². The maximum atomic E-state index is 12.6. The molecule has 3 rings (SSSR count). The summed E-state index contributed by atoms with van der Waals surface area (Å²) >= 11 is 3.31. The second kappa shape index (κ2) is 5.37. The van der Waals surface area contributed by atoms with Crippen LogP contribution in [0.3, 0.4) is 0 Å². The number of hydrogen-bond donors (Lipinski definition) is 2. The van der Waals surface area contributed by atoms with Crippen molar-refractivity contribution in [3.05, 3.63) is 52.3 Å². The number of aromatic nitrogens is 1. The van der Waals surface area contributed by atoms with E-state index in [2.05, 4.69) is 20.9 Å². The van der Waals surface area contributed by atoms with Crippen molar-refractivity contribution in [3.63, 3.8) is 0 Å². The van der Waals surface area contributed by atoms with Gasteiger partial charge < -0.3 is 15.0 Å². The molecule has 1 aliphatic heterocycles. The number of H-pyrrole nitrogens is 1. The topological polar surface area (TPSA) is 73.4 Å². The van der Waals surface area contributed by atoms with E-state index in [1.807, 2.05) is 24.3 Å². The fraction of sp³-hybridized carbons (Fsp3) is 0.200. The van der Waals surface area contributed by atoms with Crippen LogP contribution in [0.2, 0.25) is 0 Å². The van der Waals surface area contributed by atoms with Crippen molar-refractivity contribution < 1.29 is 14.7 Å². The molecular weight excluding hydrogens is 336 g/mol. The van der Waals surface area contributed by atoms with Crippen LogP contribution in [0.25, 0.3) is 0 Å². The molecular formula is C15H13BrN2O3. The van der Waals surface area contributed by atoms with Crippen molar-refractivity contribution in [2.45, 2.75) is 12.3 Å². The molecule has 2 aromatic rings. The number of aliphatic carboxylic acids is 1. The van der Waals surface area contributed by atoms with Crippen molar-refractivity contribution >= 4 is 33.5 Å². The molecule has 1 atom stereocenters. The van der Waals surface area contributed by atoms with E-state index in [4.69, 9.17) is 5.11 Å². The Balaban J connectivity index is 1.94. The van der Waals surface area contributed by atoms with E-state index >= 15 is 0 Å². The van der Waals surface area contributed by atoms with Gasteiger partial charge in [-0.15, -0.1) is 0 Å². The average Bonchev–Trinajstić information content (AvgIpc) is 3.03. The molecule has 1 aliphatic rings. The number of rotatable bonds is 3. The molecule has 0 saturated carbocycles. The van der Waals surface area contributed by atoms with E-state index in [1.165, 1.54) is 0 Å². The minimum atomic E-state index is -0.855. The van der Waals surface area contributed by atoms with Gasteiger partial charge in [-0.2, -0.15) is 0 Å². The summed E-state index contributed by atoms with van der Waals surface area (Å²) in [6.45, 7) is 0.390. The van der Waals surface area contributed by atoms with E-state index in [-0.39, 0.29) is 18.2 Å². The number of halogens is 1. The average molecular weight is 349 g/mol. The molecule has 0 spiro atoms. The Morgan fingerprint density at radius 3 is 2.81 bits per heavy atom. The number of carbonyl (C=O) groups excluding carboxylic acids is 1. The van der Waals surface area contributed by atoms with E-state index in [1.54, 1.807) is 17.2 Å². The fourth-order valence-corrected chi connectivity index (χ4v) is 3.05. The number of carbonyl (C=O) groups is 2. The number of nitrogens with one attached hydrogen (secondary N) is 1. The Hall–Kier alpha value is -2.08. The van der Waals surface area contributed by atoms with Crippen LogP contribution in [-0.2, 0) is 4.79 Å². The molecule has 5 nitrogen and oxygen atoms in total. The van der Waals surface area contributed by atoms with Crippen LogP contribution in [0.4, 0.5) is 5.69 Å². The van der Waals surface area contributed by atoms with Crippen LogP contribution < -0.4 is 4.90 Å².